The van der Waals surface area contributed by atoms with Gasteiger partial charge in [-0.1, -0.05) is 11.6 Å². The van der Waals surface area contributed by atoms with E-state index in [1.807, 2.05) is 22.6 Å². The summed E-state index contributed by atoms with van der Waals surface area (Å²) in [7, 11) is -2.98. The molecule has 1 unspecified atom stereocenters. The second-order valence-electron chi connectivity index (χ2n) is 4.20. The Morgan fingerprint density at radius 1 is 1.44 bits per heavy atom. The molecule has 1 saturated heterocycles. The maximum atomic E-state index is 12.0. The maximum absolute atomic E-state index is 12.0. The van der Waals surface area contributed by atoms with Crippen LogP contribution in [0.4, 0.5) is 0 Å². The van der Waals surface area contributed by atoms with Gasteiger partial charge in [-0.05, 0) is 47.2 Å². The van der Waals surface area contributed by atoms with Gasteiger partial charge in [0.2, 0.25) is 0 Å². The van der Waals surface area contributed by atoms with Crippen molar-refractivity contribution in [1.82, 2.24) is 5.32 Å². The highest BCUT2D eigenvalue weighted by atomic mass is 127. The minimum absolute atomic E-state index is 0.0237. The lowest BCUT2D eigenvalue weighted by Gasteiger charge is -2.12. The normalized spacial score (nSPS) is 21.8. The van der Waals surface area contributed by atoms with Crippen molar-refractivity contribution in [2.24, 2.45) is 0 Å². The van der Waals surface area contributed by atoms with Gasteiger partial charge in [0.25, 0.3) is 5.91 Å². The Bertz CT molecular complexity index is 588. The van der Waals surface area contributed by atoms with Gasteiger partial charge in [-0.15, -0.1) is 0 Å². The molecule has 1 atom stereocenters. The van der Waals surface area contributed by atoms with E-state index in [0.717, 1.165) is 3.57 Å². The van der Waals surface area contributed by atoms with E-state index >= 15 is 0 Å². The lowest BCUT2D eigenvalue weighted by atomic mass is 10.2. The number of halogens is 2. The van der Waals surface area contributed by atoms with Gasteiger partial charge >= 0.3 is 0 Å². The molecule has 0 spiro atoms. The number of rotatable bonds is 2. The molecule has 0 saturated carbocycles. The Balaban J connectivity index is 2.11. The van der Waals surface area contributed by atoms with Gasteiger partial charge in [0, 0.05) is 14.6 Å². The van der Waals surface area contributed by atoms with Crippen LogP contribution in [0.2, 0.25) is 5.02 Å². The van der Waals surface area contributed by atoms with Crippen molar-refractivity contribution in [2.75, 3.05) is 11.5 Å². The molecule has 1 fully saturated rings. The fourth-order valence-corrected chi connectivity index (χ4v) is 4.27. The molecule has 0 bridgehead atoms. The monoisotopic (exact) mass is 399 g/mol. The van der Waals surface area contributed by atoms with Crippen LogP contribution < -0.4 is 5.32 Å². The topological polar surface area (TPSA) is 63.2 Å². The van der Waals surface area contributed by atoms with Crippen LogP contribution in [0.5, 0.6) is 0 Å². The molecular weight excluding hydrogens is 389 g/mol. The summed E-state index contributed by atoms with van der Waals surface area (Å²) in [5, 5.41) is 3.22. The van der Waals surface area contributed by atoms with Gasteiger partial charge in [0.15, 0.2) is 9.84 Å². The van der Waals surface area contributed by atoms with Crippen LogP contribution in [0.15, 0.2) is 18.2 Å². The van der Waals surface area contributed by atoms with E-state index in [9.17, 15) is 13.2 Å². The van der Waals surface area contributed by atoms with Gasteiger partial charge in [-0.3, -0.25) is 4.79 Å². The van der Waals surface area contributed by atoms with Crippen molar-refractivity contribution in [3.05, 3.63) is 32.4 Å². The first-order chi connectivity index (χ1) is 8.37. The zero-order valence-corrected chi connectivity index (χ0v) is 13.0. The molecule has 1 heterocycles. The van der Waals surface area contributed by atoms with Crippen LogP contribution in [0.25, 0.3) is 0 Å². The summed E-state index contributed by atoms with van der Waals surface area (Å²) < 4.78 is 23.4. The summed E-state index contributed by atoms with van der Waals surface area (Å²) in [5.41, 5.74) is 0.479. The molecule has 1 aromatic rings. The van der Waals surface area contributed by atoms with Crippen LogP contribution >= 0.6 is 34.2 Å². The van der Waals surface area contributed by atoms with Gasteiger partial charge in [-0.25, -0.2) is 8.42 Å². The predicted molar refractivity (Wildman–Crippen MR) is 78.7 cm³/mol. The van der Waals surface area contributed by atoms with E-state index in [0.29, 0.717) is 17.0 Å². The summed E-state index contributed by atoms with van der Waals surface area (Å²) >= 11 is 7.89. The van der Waals surface area contributed by atoms with Gasteiger partial charge in [-0.2, -0.15) is 0 Å². The SMILES string of the molecule is O=C(NC1CCS(=O)(=O)C1)c1cc(Cl)ccc1I. The van der Waals surface area contributed by atoms with E-state index in [1.165, 1.54) is 0 Å². The molecule has 2 rings (SSSR count). The van der Waals surface area contributed by atoms with Crippen molar-refractivity contribution >= 4 is 49.9 Å². The Morgan fingerprint density at radius 3 is 2.78 bits per heavy atom. The average molecular weight is 400 g/mol. The Labute approximate surface area is 124 Å². The van der Waals surface area contributed by atoms with Gasteiger partial charge in [0.05, 0.1) is 17.1 Å². The number of sulfone groups is 1. The third-order valence-electron chi connectivity index (χ3n) is 2.74. The third kappa shape index (κ3) is 3.36. The van der Waals surface area contributed by atoms with Gasteiger partial charge < -0.3 is 5.32 Å². The largest absolute Gasteiger partial charge is 0.348 e. The van der Waals surface area contributed by atoms with E-state index in [1.54, 1.807) is 18.2 Å². The zero-order valence-electron chi connectivity index (χ0n) is 9.32. The van der Waals surface area contributed by atoms with Crippen LogP contribution in [0.3, 0.4) is 0 Å². The number of carbonyl (C=O) groups is 1. The first-order valence-corrected chi connectivity index (χ1v) is 8.61. The van der Waals surface area contributed by atoms with Crippen LogP contribution in [0.1, 0.15) is 16.8 Å². The second kappa shape index (κ2) is 5.34. The fraction of sp³-hybridized carbons (Fsp3) is 0.364. The summed E-state index contributed by atoms with van der Waals surface area (Å²) in [6.45, 7) is 0. The Kier molecular flexibility index (Phi) is 4.18. The van der Waals surface area contributed by atoms with E-state index in [2.05, 4.69) is 5.32 Å². The molecule has 1 amide bonds. The van der Waals surface area contributed by atoms with Crippen molar-refractivity contribution < 1.29 is 13.2 Å². The summed E-state index contributed by atoms with van der Waals surface area (Å²) in [5.74, 6) is -0.107. The molecule has 1 aliphatic heterocycles. The minimum atomic E-state index is -2.98. The first-order valence-electron chi connectivity index (χ1n) is 5.34. The number of hydrogen-bond donors (Lipinski definition) is 1. The van der Waals surface area contributed by atoms with Crippen molar-refractivity contribution in [2.45, 2.75) is 12.5 Å². The number of carbonyl (C=O) groups excluding carboxylic acids is 1. The van der Waals surface area contributed by atoms with E-state index in [-0.39, 0.29) is 23.5 Å². The summed E-state index contributed by atoms with van der Waals surface area (Å²) in [6, 6.07) is 4.75. The number of benzene rings is 1. The summed E-state index contributed by atoms with van der Waals surface area (Å²) in [4.78, 5) is 12.0. The quantitative estimate of drug-likeness (QED) is 0.772. The van der Waals surface area contributed by atoms with Crippen LogP contribution in [-0.2, 0) is 9.84 Å². The number of nitrogens with one attached hydrogen (secondary N) is 1. The number of hydrogen-bond acceptors (Lipinski definition) is 3. The van der Waals surface area contributed by atoms with Crippen molar-refractivity contribution in [3.63, 3.8) is 0 Å². The van der Waals surface area contributed by atoms with Crippen LogP contribution in [-0.4, -0.2) is 31.9 Å². The van der Waals surface area contributed by atoms with E-state index < -0.39 is 9.84 Å². The highest BCUT2D eigenvalue weighted by molar-refractivity contribution is 14.1. The lowest BCUT2D eigenvalue weighted by molar-refractivity contribution is 0.0940. The fourth-order valence-electron chi connectivity index (χ4n) is 1.84. The highest BCUT2D eigenvalue weighted by Gasteiger charge is 2.29. The molecular formula is C11H11ClINO3S. The maximum Gasteiger partial charge on any atom is 0.252 e. The van der Waals surface area contributed by atoms with Gasteiger partial charge in [0.1, 0.15) is 0 Å². The van der Waals surface area contributed by atoms with Crippen LogP contribution in [0, 0.1) is 3.57 Å². The molecule has 0 radical (unpaired) electrons. The second-order valence-corrected chi connectivity index (χ2v) is 8.02. The minimum Gasteiger partial charge on any atom is -0.348 e. The molecule has 7 heteroatoms. The average Bonchev–Trinajstić information content (AvgIpc) is 2.61. The highest BCUT2D eigenvalue weighted by Crippen LogP contribution is 2.19. The molecule has 18 heavy (non-hydrogen) atoms. The third-order valence-corrected chi connectivity index (χ3v) is 5.68. The Hall–Kier alpha value is -0.340. The first kappa shape index (κ1) is 14.1. The standard InChI is InChI=1S/C11H11ClINO3S/c12-7-1-2-10(13)9(5-7)11(15)14-8-3-4-18(16,17)6-8/h1-2,5,8H,3-4,6H2,(H,14,15). The smallest absolute Gasteiger partial charge is 0.252 e. The Morgan fingerprint density at radius 2 is 2.17 bits per heavy atom. The number of amides is 1. The lowest BCUT2D eigenvalue weighted by Crippen LogP contribution is -2.35. The molecule has 4 nitrogen and oxygen atoms in total. The van der Waals surface area contributed by atoms with Crippen molar-refractivity contribution in [1.29, 1.82) is 0 Å². The zero-order chi connectivity index (χ0) is 13.3. The predicted octanol–water partition coefficient (Wildman–Crippen LogP) is 1.86. The molecule has 1 aliphatic rings. The molecule has 98 valence electrons. The molecule has 1 N–H and O–H groups in total. The van der Waals surface area contributed by atoms with Crippen molar-refractivity contribution in [3.8, 4) is 0 Å². The van der Waals surface area contributed by atoms with E-state index in [4.69, 9.17) is 11.6 Å². The summed E-state index contributed by atoms with van der Waals surface area (Å²) in [6.07, 6.45) is 0.477. The molecule has 0 aliphatic carbocycles. The molecule has 1 aromatic carbocycles. The molecule has 0 aromatic heterocycles.